The van der Waals surface area contributed by atoms with Gasteiger partial charge in [-0.25, -0.2) is 0 Å². The summed E-state index contributed by atoms with van der Waals surface area (Å²) in [6, 6.07) is 0. The maximum atomic E-state index is 5.19. The number of ether oxygens (including phenoxy) is 1. The number of methoxy groups -OCH3 is 1. The zero-order chi connectivity index (χ0) is 10.7. The second kappa shape index (κ2) is 4.79. The number of hydrogen-bond acceptors (Lipinski definition) is 4. The third-order valence-corrected chi connectivity index (χ3v) is 3.63. The van der Waals surface area contributed by atoms with E-state index >= 15 is 0 Å². The van der Waals surface area contributed by atoms with Crippen LogP contribution in [-0.4, -0.2) is 31.5 Å². The first-order chi connectivity index (χ1) is 6.60. The molecule has 14 heavy (non-hydrogen) atoms. The monoisotopic (exact) mass is 276 g/mol. The highest BCUT2D eigenvalue weighted by atomic mass is 79.9. The van der Waals surface area contributed by atoms with Crippen LogP contribution in [0, 0.1) is 0 Å². The highest BCUT2D eigenvalue weighted by Gasteiger charge is 2.14. The van der Waals surface area contributed by atoms with Crippen LogP contribution < -0.4 is 9.64 Å². The van der Waals surface area contributed by atoms with Crippen LogP contribution in [0.4, 0.5) is 5.13 Å². The number of allylic oxidation sites excluding steroid dienone is 1. The molecular weight excluding hydrogens is 264 g/mol. The van der Waals surface area contributed by atoms with Gasteiger partial charge in [-0.1, -0.05) is 33.8 Å². The lowest BCUT2D eigenvalue weighted by molar-refractivity contribution is 0.400. The molecule has 0 aromatic carbocycles. The normalized spacial score (nSPS) is 10.0. The van der Waals surface area contributed by atoms with E-state index in [0.29, 0.717) is 5.88 Å². The van der Waals surface area contributed by atoms with Gasteiger partial charge in [0.05, 0.1) is 12.0 Å². The van der Waals surface area contributed by atoms with Crippen molar-refractivity contribution in [2.45, 2.75) is 0 Å². The molecule has 0 aliphatic heterocycles. The Hall–Kier alpha value is -0.550. The summed E-state index contributed by atoms with van der Waals surface area (Å²) in [5.41, 5.74) is 0.993. The molecule has 0 atom stereocenters. The Morgan fingerprint density at radius 2 is 2.29 bits per heavy atom. The van der Waals surface area contributed by atoms with Gasteiger partial charge in [0.15, 0.2) is 5.13 Å². The van der Waals surface area contributed by atoms with Crippen LogP contribution in [0.2, 0.25) is 0 Å². The van der Waals surface area contributed by atoms with Crippen molar-refractivity contribution < 1.29 is 4.74 Å². The first kappa shape index (κ1) is 11.5. The number of hydrogen-bond donors (Lipinski definition) is 0. The summed E-state index contributed by atoms with van der Waals surface area (Å²) >= 11 is 4.96. The Morgan fingerprint density at radius 1 is 1.64 bits per heavy atom. The van der Waals surface area contributed by atoms with Gasteiger partial charge >= 0.3 is 0 Å². The second-order valence-electron chi connectivity index (χ2n) is 2.97. The Balaban J connectivity index is 3.08. The quantitative estimate of drug-likeness (QED) is 0.791. The van der Waals surface area contributed by atoms with Crippen molar-refractivity contribution in [3.8, 4) is 5.88 Å². The molecule has 0 saturated carbocycles. The molecule has 0 unspecified atom stereocenters. The Kier molecular flexibility index (Phi) is 3.95. The van der Waals surface area contributed by atoms with Crippen LogP contribution in [0.15, 0.2) is 6.58 Å². The fraction of sp³-hybridized carbons (Fsp3) is 0.444. The van der Waals surface area contributed by atoms with E-state index in [1.165, 1.54) is 0 Å². The fourth-order valence-corrected chi connectivity index (χ4v) is 2.30. The number of anilines is 1. The molecule has 0 aliphatic rings. The Bertz CT molecular complexity index is 336. The summed E-state index contributed by atoms with van der Waals surface area (Å²) in [4.78, 5) is 7.30. The molecular formula is C9H13BrN2OS. The number of nitrogens with zero attached hydrogens (tertiary/aromatic N) is 2. The van der Waals surface area contributed by atoms with Gasteiger partial charge in [0.1, 0.15) is 0 Å². The first-order valence-corrected chi connectivity index (χ1v) is 6.00. The van der Waals surface area contributed by atoms with Crippen molar-refractivity contribution in [1.29, 1.82) is 0 Å². The van der Waals surface area contributed by atoms with Crippen LogP contribution in [0.3, 0.4) is 0 Å². The molecule has 78 valence electrons. The largest absolute Gasteiger partial charge is 0.480 e. The van der Waals surface area contributed by atoms with Gasteiger partial charge in [-0.3, -0.25) is 0 Å². The molecule has 0 spiro atoms. The lowest BCUT2D eigenvalue weighted by Gasteiger charge is -2.04. The van der Waals surface area contributed by atoms with Gasteiger partial charge in [-0.15, -0.1) is 0 Å². The molecule has 0 bridgehead atoms. The summed E-state index contributed by atoms with van der Waals surface area (Å²) in [5.74, 6) is 0.656. The molecule has 0 aliphatic carbocycles. The van der Waals surface area contributed by atoms with E-state index in [-0.39, 0.29) is 0 Å². The van der Waals surface area contributed by atoms with Crippen LogP contribution in [0.5, 0.6) is 5.88 Å². The summed E-state index contributed by atoms with van der Waals surface area (Å²) in [7, 11) is 5.54. The SMILES string of the molecule is C=C(CBr)c1sc(N(C)C)nc1OC. The van der Waals surface area contributed by atoms with Gasteiger partial charge in [-0.05, 0) is 5.57 Å². The molecule has 1 heterocycles. The minimum Gasteiger partial charge on any atom is -0.480 e. The molecule has 0 fully saturated rings. The van der Waals surface area contributed by atoms with E-state index in [9.17, 15) is 0 Å². The highest BCUT2D eigenvalue weighted by Crippen LogP contribution is 2.35. The van der Waals surface area contributed by atoms with E-state index in [1.807, 2.05) is 19.0 Å². The second-order valence-corrected chi connectivity index (χ2v) is 4.50. The van der Waals surface area contributed by atoms with Crippen molar-refractivity contribution in [2.75, 3.05) is 31.4 Å². The standard InChI is InChI=1S/C9H13BrN2OS/c1-6(5-10)7-8(13-4)11-9(14-7)12(2)3/h1,5H2,2-4H3. The minimum absolute atomic E-state index is 0.656. The van der Waals surface area contributed by atoms with E-state index in [2.05, 4.69) is 27.5 Å². The number of alkyl halides is 1. The van der Waals surface area contributed by atoms with Crippen LogP contribution in [0.25, 0.3) is 5.57 Å². The zero-order valence-corrected chi connectivity index (χ0v) is 10.9. The van der Waals surface area contributed by atoms with E-state index in [1.54, 1.807) is 18.4 Å². The lowest BCUT2D eigenvalue weighted by Crippen LogP contribution is -2.07. The summed E-state index contributed by atoms with van der Waals surface area (Å²) in [6.45, 7) is 3.95. The number of rotatable bonds is 4. The molecule has 5 heteroatoms. The minimum atomic E-state index is 0.656. The van der Waals surface area contributed by atoms with Crippen molar-refractivity contribution in [3.63, 3.8) is 0 Å². The lowest BCUT2D eigenvalue weighted by atomic mass is 10.3. The van der Waals surface area contributed by atoms with Crippen molar-refractivity contribution in [1.82, 2.24) is 4.98 Å². The number of thiazole rings is 1. The average molecular weight is 277 g/mol. The van der Waals surface area contributed by atoms with Crippen molar-refractivity contribution in [3.05, 3.63) is 11.5 Å². The van der Waals surface area contributed by atoms with E-state index < -0.39 is 0 Å². The third kappa shape index (κ3) is 2.27. The van der Waals surface area contributed by atoms with Gasteiger partial charge in [0.25, 0.3) is 0 Å². The third-order valence-electron chi connectivity index (χ3n) is 1.64. The maximum absolute atomic E-state index is 5.19. The van der Waals surface area contributed by atoms with Gasteiger partial charge in [-0.2, -0.15) is 4.98 Å². The molecule has 1 aromatic heterocycles. The first-order valence-electron chi connectivity index (χ1n) is 4.06. The molecule has 0 saturated heterocycles. The number of halogens is 1. The van der Waals surface area contributed by atoms with E-state index in [0.717, 1.165) is 20.9 Å². The van der Waals surface area contributed by atoms with Gasteiger partial charge < -0.3 is 9.64 Å². The molecule has 0 N–H and O–H groups in total. The molecule has 0 radical (unpaired) electrons. The predicted octanol–water partition coefficient (Wildman–Crippen LogP) is 2.63. The van der Waals surface area contributed by atoms with Crippen LogP contribution >= 0.6 is 27.3 Å². The van der Waals surface area contributed by atoms with E-state index in [4.69, 9.17) is 4.74 Å². The zero-order valence-electron chi connectivity index (χ0n) is 8.50. The fourth-order valence-electron chi connectivity index (χ4n) is 0.909. The molecule has 1 aromatic rings. The summed E-state index contributed by atoms with van der Waals surface area (Å²) in [5, 5.41) is 1.66. The van der Waals surface area contributed by atoms with Gasteiger partial charge in [0, 0.05) is 19.4 Å². The Labute approximate surface area is 96.5 Å². The van der Waals surface area contributed by atoms with Crippen LogP contribution in [-0.2, 0) is 0 Å². The smallest absolute Gasteiger partial charge is 0.233 e. The number of aromatic nitrogens is 1. The maximum Gasteiger partial charge on any atom is 0.233 e. The molecule has 0 amide bonds. The predicted molar refractivity (Wildman–Crippen MR) is 65.8 cm³/mol. The summed E-state index contributed by atoms with van der Waals surface area (Å²) in [6.07, 6.45) is 0. The van der Waals surface area contributed by atoms with Crippen molar-refractivity contribution >= 4 is 38.0 Å². The Morgan fingerprint density at radius 3 is 2.71 bits per heavy atom. The van der Waals surface area contributed by atoms with Gasteiger partial charge in [0.2, 0.25) is 5.88 Å². The molecule has 1 rings (SSSR count). The molecule has 3 nitrogen and oxygen atoms in total. The van der Waals surface area contributed by atoms with Crippen LogP contribution in [0.1, 0.15) is 4.88 Å². The summed E-state index contributed by atoms with van der Waals surface area (Å²) < 4.78 is 5.19. The van der Waals surface area contributed by atoms with Crippen molar-refractivity contribution in [2.24, 2.45) is 0 Å². The highest BCUT2D eigenvalue weighted by molar-refractivity contribution is 9.09. The topological polar surface area (TPSA) is 25.4 Å². The average Bonchev–Trinajstić information content (AvgIpc) is 2.60.